The fourth-order valence-electron chi connectivity index (χ4n) is 2.04. The summed E-state index contributed by atoms with van der Waals surface area (Å²) in [7, 11) is 0. The number of aliphatic hydroxyl groups excluding tert-OH is 1. The van der Waals surface area contributed by atoms with Gasteiger partial charge >= 0.3 is 0 Å². The van der Waals surface area contributed by atoms with E-state index in [9.17, 15) is 9.90 Å². The highest BCUT2D eigenvalue weighted by atomic mass is 16.5. The zero-order chi connectivity index (χ0) is 16.1. The lowest BCUT2D eigenvalue weighted by Gasteiger charge is -2.11. The molecule has 4 nitrogen and oxygen atoms in total. The van der Waals surface area contributed by atoms with E-state index in [1.54, 1.807) is 49.4 Å². The Hall–Kier alpha value is -2.33. The minimum Gasteiger partial charge on any atom is -0.491 e. The quantitative estimate of drug-likeness (QED) is 0.883. The average molecular weight is 299 g/mol. The van der Waals surface area contributed by atoms with Crippen molar-refractivity contribution >= 4 is 11.6 Å². The molecule has 0 unspecified atom stereocenters. The Balaban J connectivity index is 2.07. The van der Waals surface area contributed by atoms with Crippen LogP contribution in [0, 0.1) is 0 Å². The van der Waals surface area contributed by atoms with Crippen molar-refractivity contribution in [2.24, 2.45) is 0 Å². The topological polar surface area (TPSA) is 58.6 Å². The van der Waals surface area contributed by atoms with Gasteiger partial charge in [0.25, 0.3) is 5.91 Å². The largest absolute Gasteiger partial charge is 0.491 e. The van der Waals surface area contributed by atoms with Gasteiger partial charge in [0.15, 0.2) is 0 Å². The van der Waals surface area contributed by atoms with Gasteiger partial charge in [-0.15, -0.1) is 0 Å². The maximum atomic E-state index is 12.2. The molecule has 0 aliphatic heterocycles. The molecular weight excluding hydrogens is 278 g/mol. The molecule has 1 atom stereocenters. The zero-order valence-corrected chi connectivity index (χ0v) is 13.0. The Morgan fingerprint density at radius 2 is 1.77 bits per heavy atom. The maximum absolute atomic E-state index is 12.2. The smallest absolute Gasteiger partial charge is 0.255 e. The lowest BCUT2D eigenvalue weighted by Crippen LogP contribution is -2.12. The molecule has 0 bridgehead atoms. The van der Waals surface area contributed by atoms with E-state index in [4.69, 9.17) is 4.74 Å². The Morgan fingerprint density at radius 3 is 2.36 bits per heavy atom. The lowest BCUT2D eigenvalue weighted by atomic mass is 10.1. The van der Waals surface area contributed by atoms with Crippen LogP contribution < -0.4 is 10.1 Å². The van der Waals surface area contributed by atoms with E-state index in [0.717, 1.165) is 11.3 Å². The number of ether oxygens (including phenoxy) is 1. The first kappa shape index (κ1) is 16.0. The van der Waals surface area contributed by atoms with Crippen LogP contribution in [0.4, 0.5) is 5.69 Å². The highest BCUT2D eigenvalue weighted by Gasteiger charge is 2.08. The van der Waals surface area contributed by atoms with Gasteiger partial charge in [0.05, 0.1) is 12.2 Å². The van der Waals surface area contributed by atoms with Crippen LogP contribution in [0.3, 0.4) is 0 Å². The van der Waals surface area contributed by atoms with Crippen LogP contribution in [0.15, 0.2) is 48.5 Å². The first-order valence-corrected chi connectivity index (χ1v) is 7.32. The Morgan fingerprint density at radius 1 is 1.09 bits per heavy atom. The van der Waals surface area contributed by atoms with Crippen LogP contribution in [0.1, 0.15) is 42.8 Å². The van der Waals surface area contributed by atoms with Gasteiger partial charge in [0.1, 0.15) is 5.75 Å². The number of carbonyl (C=O) groups is 1. The van der Waals surface area contributed by atoms with Crippen molar-refractivity contribution in [1.82, 2.24) is 0 Å². The van der Waals surface area contributed by atoms with E-state index < -0.39 is 6.10 Å². The van der Waals surface area contributed by atoms with Gasteiger partial charge in [-0.2, -0.15) is 0 Å². The molecule has 0 spiro atoms. The third kappa shape index (κ3) is 4.33. The molecular formula is C18H21NO3. The molecule has 4 heteroatoms. The lowest BCUT2D eigenvalue weighted by molar-refractivity contribution is 0.102. The van der Waals surface area contributed by atoms with Crippen LogP contribution >= 0.6 is 0 Å². The average Bonchev–Trinajstić information content (AvgIpc) is 2.47. The second-order valence-electron chi connectivity index (χ2n) is 5.45. The van der Waals surface area contributed by atoms with E-state index in [0.29, 0.717) is 11.3 Å². The fraction of sp³-hybridized carbons (Fsp3) is 0.278. The summed E-state index contributed by atoms with van der Waals surface area (Å²) in [6.07, 6.45) is -0.466. The third-order valence-electron chi connectivity index (χ3n) is 3.12. The van der Waals surface area contributed by atoms with Gasteiger partial charge in [-0.05, 0) is 62.7 Å². The molecule has 2 aromatic carbocycles. The summed E-state index contributed by atoms with van der Waals surface area (Å²) in [4.78, 5) is 12.2. The number of hydrogen-bond donors (Lipinski definition) is 2. The fourth-order valence-corrected chi connectivity index (χ4v) is 2.04. The summed E-state index contributed by atoms with van der Waals surface area (Å²) in [6, 6.07) is 14.2. The Kier molecular flexibility index (Phi) is 5.17. The highest BCUT2D eigenvalue weighted by Crippen LogP contribution is 2.19. The van der Waals surface area contributed by atoms with E-state index >= 15 is 0 Å². The summed E-state index contributed by atoms with van der Waals surface area (Å²) < 4.78 is 5.55. The number of nitrogens with one attached hydrogen (secondary N) is 1. The van der Waals surface area contributed by atoms with E-state index in [1.165, 1.54) is 0 Å². The number of anilines is 1. The van der Waals surface area contributed by atoms with Crippen LogP contribution in [-0.2, 0) is 0 Å². The van der Waals surface area contributed by atoms with Crippen molar-refractivity contribution in [3.05, 3.63) is 59.7 Å². The van der Waals surface area contributed by atoms with Crippen molar-refractivity contribution in [3.63, 3.8) is 0 Å². The van der Waals surface area contributed by atoms with E-state index in [-0.39, 0.29) is 12.0 Å². The number of carbonyl (C=O) groups excluding carboxylic acids is 1. The second kappa shape index (κ2) is 7.09. The molecule has 2 N–H and O–H groups in total. The van der Waals surface area contributed by atoms with Gasteiger partial charge < -0.3 is 15.2 Å². The standard InChI is InChI=1S/C18H21NO3/c1-12(2)22-17-9-7-14(8-10-17)18(21)19-16-6-4-5-15(11-16)13(3)20/h4-13,20H,1-3H3,(H,19,21)/t13-/m0/s1. The van der Waals surface area contributed by atoms with Crippen molar-refractivity contribution in [3.8, 4) is 5.75 Å². The molecule has 0 fully saturated rings. The normalized spacial score (nSPS) is 12.0. The molecule has 116 valence electrons. The predicted molar refractivity (Wildman–Crippen MR) is 87.2 cm³/mol. The van der Waals surface area contributed by atoms with Crippen molar-refractivity contribution in [2.75, 3.05) is 5.32 Å². The Bertz CT molecular complexity index is 633. The molecule has 0 aromatic heterocycles. The molecule has 0 aliphatic rings. The predicted octanol–water partition coefficient (Wildman–Crippen LogP) is 3.78. The number of hydrogen-bond acceptors (Lipinski definition) is 3. The van der Waals surface area contributed by atoms with Crippen molar-refractivity contribution in [1.29, 1.82) is 0 Å². The minimum absolute atomic E-state index is 0.0999. The molecule has 0 heterocycles. The van der Waals surface area contributed by atoms with Crippen LogP contribution in [0.2, 0.25) is 0 Å². The van der Waals surface area contributed by atoms with Gasteiger partial charge in [0, 0.05) is 11.3 Å². The SMILES string of the molecule is CC(C)Oc1ccc(C(=O)Nc2cccc([C@H](C)O)c2)cc1. The maximum Gasteiger partial charge on any atom is 0.255 e. The molecule has 2 aromatic rings. The summed E-state index contributed by atoms with van der Waals surface area (Å²) in [5.41, 5.74) is 1.97. The molecule has 0 aliphatic carbocycles. The minimum atomic E-state index is -0.565. The van der Waals surface area contributed by atoms with Crippen LogP contribution in [-0.4, -0.2) is 17.1 Å². The van der Waals surface area contributed by atoms with Crippen LogP contribution in [0.25, 0.3) is 0 Å². The van der Waals surface area contributed by atoms with E-state index in [1.807, 2.05) is 19.9 Å². The first-order valence-electron chi connectivity index (χ1n) is 7.32. The zero-order valence-electron chi connectivity index (χ0n) is 13.0. The third-order valence-corrected chi connectivity index (χ3v) is 3.12. The van der Waals surface area contributed by atoms with Crippen molar-refractivity contribution in [2.45, 2.75) is 33.0 Å². The molecule has 2 rings (SSSR count). The van der Waals surface area contributed by atoms with Crippen molar-refractivity contribution < 1.29 is 14.6 Å². The summed E-state index contributed by atoms with van der Waals surface area (Å²) in [5, 5.41) is 12.4. The summed E-state index contributed by atoms with van der Waals surface area (Å²) in [5.74, 6) is 0.543. The second-order valence-corrected chi connectivity index (χ2v) is 5.45. The monoisotopic (exact) mass is 299 g/mol. The summed E-state index contributed by atoms with van der Waals surface area (Å²) >= 11 is 0. The summed E-state index contributed by atoms with van der Waals surface area (Å²) in [6.45, 7) is 5.60. The van der Waals surface area contributed by atoms with E-state index in [2.05, 4.69) is 5.32 Å². The Labute approximate surface area is 130 Å². The van der Waals surface area contributed by atoms with Crippen LogP contribution in [0.5, 0.6) is 5.75 Å². The number of amides is 1. The highest BCUT2D eigenvalue weighted by molar-refractivity contribution is 6.04. The molecule has 22 heavy (non-hydrogen) atoms. The number of benzene rings is 2. The van der Waals surface area contributed by atoms with Gasteiger partial charge in [-0.25, -0.2) is 0 Å². The van der Waals surface area contributed by atoms with Gasteiger partial charge in [0.2, 0.25) is 0 Å². The van der Waals surface area contributed by atoms with Gasteiger partial charge in [-0.3, -0.25) is 4.79 Å². The molecule has 0 radical (unpaired) electrons. The molecule has 1 amide bonds. The number of aliphatic hydroxyl groups is 1. The van der Waals surface area contributed by atoms with Gasteiger partial charge in [-0.1, -0.05) is 12.1 Å². The molecule has 0 saturated heterocycles. The molecule has 0 saturated carbocycles. The first-order chi connectivity index (χ1) is 10.5. The number of rotatable bonds is 5.